The monoisotopic (exact) mass is 412 g/mol. The minimum Gasteiger partial charge on any atom is -0.480 e. The van der Waals surface area contributed by atoms with Crippen molar-refractivity contribution in [1.82, 2.24) is 4.90 Å². The molecule has 0 aromatic heterocycles. The standard InChI is InChI=1S/C17H20N2O6S2/c1-11-2-4-12(5-3-11)6-19-13-9-27(23,24)10-14(13)26-17(19)18-15(20)7-25-8-16(21)22/h2-5,13-14H,6-10H2,1H3,(H,21,22)/t13-,14-/m0/s1. The Balaban J connectivity index is 1.77. The molecule has 0 aliphatic carbocycles. The van der Waals surface area contributed by atoms with Gasteiger partial charge in [-0.1, -0.05) is 41.6 Å². The van der Waals surface area contributed by atoms with E-state index in [1.54, 1.807) is 0 Å². The lowest BCUT2D eigenvalue weighted by molar-refractivity contribution is -0.143. The predicted molar refractivity (Wildman–Crippen MR) is 101 cm³/mol. The third-order valence-corrected chi connectivity index (χ3v) is 7.57. The van der Waals surface area contributed by atoms with Crippen LogP contribution in [0.15, 0.2) is 29.3 Å². The third kappa shape index (κ3) is 5.08. The molecule has 3 rings (SSSR count). The van der Waals surface area contributed by atoms with Crippen LogP contribution in [-0.2, 0) is 30.7 Å². The number of amidine groups is 1. The largest absolute Gasteiger partial charge is 0.480 e. The minimum absolute atomic E-state index is 0.0409. The number of carboxylic acids is 1. The van der Waals surface area contributed by atoms with Crippen LogP contribution < -0.4 is 0 Å². The van der Waals surface area contributed by atoms with E-state index in [9.17, 15) is 18.0 Å². The van der Waals surface area contributed by atoms with Gasteiger partial charge in [0.1, 0.15) is 13.2 Å². The number of sulfone groups is 1. The lowest BCUT2D eigenvalue weighted by Crippen LogP contribution is -2.37. The summed E-state index contributed by atoms with van der Waals surface area (Å²) in [4.78, 5) is 28.4. The van der Waals surface area contributed by atoms with E-state index in [-0.39, 0.29) is 22.8 Å². The number of amides is 1. The van der Waals surface area contributed by atoms with Gasteiger partial charge in [0.25, 0.3) is 5.91 Å². The number of fused-ring (bicyclic) bond motifs is 1. The summed E-state index contributed by atoms with van der Waals surface area (Å²) in [5.74, 6) is -1.64. The number of benzene rings is 1. The molecule has 2 fully saturated rings. The molecular formula is C17H20N2O6S2. The molecule has 1 amide bonds. The number of carboxylic acid groups (broad SMARTS) is 1. The molecule has 2 saturated heterocycles. The van der Waals surface area contributed by atoms with Gasteiger partial charge in [-0.3, -0.25) is 4.79 Å². The summed E-state index contributed by atoms with van der Waals surface area (Å²) in [7, 11) is -3.11. The van der Waals surface area contributed by atoms with Crippen LogP contribution >= 0.6 is 11.8 Å². The van der Waals surface area contributed by atoms with Crippen molar-refractivity contribution in [1.29, 1.82) is 0 Å². The minimum atomic E-state index is -3.11. The van der Waals surface area contributed by atoms with Crippen LogP contribution in [0.2, 0.25) is 0 Å². The normalized spacial score (nSPS) is 24.9. The zero-order chi connectivity index (χ0) is 19.6. The first kappa shape index (κ1) is 19.8. The molecule has 10 heteroatoms. The Kier molecular flexibility index (Phi) is 5.87. The van der Waals surface area contributed by atoms with Gasteiger partial charge in [-0.15, -0.1) is 0 Å². The SMILES string of the molecule is Cc1ccc(CN2C(=NC(=O)COCC(=O)O)S[C@H]3CS(=O)(=O)C[C@@H]32)cc1. The van der Waals surface area contributed by atoms with Crippen LogP contribution in [-0.4, -0.2) is 71.5 Å². The van der Waals surface area contributed by atoms with E-state index in [2.05, 4.69) is 4.99 Å². The summed E-state index contributed by atoms with van der Waals surface area (Å²) in [5, 5.41) is 8.86. The van der Waals surface area contributed by atoms with Crippen LogP contribution in [0.5, 0.6) is 0 Å². The molecule has 0 saturated carbocycles. The first-order chi connectivity index (χ1) is 12.7. The second kappa shape index (κ2) is 7.99. The Labute approximate surface area is 161 Å². The average molecular weight is 412 g/mol. The average Bonchev–Trinajstić information content (AvgIpc) is 3.02. The van der Waals surface area contributed by atoms with Crippen LogP contribution in [0.3, 0.4) is 0 Å². The first-order valence-corrected chi connectivity index (χ1v) is 11.0. The molecule has 2 aliphatic rings. The van der Waals surface area contributed by atoms with E-state index in [1.807, 2.05) is 36.1 Å². The van der Waals surface area contributed by atoms with Gasteiger partial charge in [0.15, 0.2) is 15.0 Å². The number of carbonyl (C=O) groups excluding carboxylic acids is 1. The van der Waals surface area contributed by atoms with Gasteiger partial charge in [-0.2, -0.15) is 4.99 Å². The van der Waals surface area contributed by atoms with Gasteiger partial charge in [-0.25, -0.2) is 13.2 Å². The fourth-order valence-corrected chi connectivity index (χ4v) is 7.04. The number of hydrogen-bond donors (Lipinski definition) is 1. The van der Waals surface area contributed by atoms with E-state index in [0.29, 0.717) is 11.7 Å². The summed E-state index contributed by atoms with van der Waals surface area (Å²) < 4.78 is 28.8. The van der Waals surface area contributed by atoms with E-state index < -0.39 is 34.9 Å². The number of aryl methyl sites for hydroxylation is 1. The Morgan fingerprint density at radius 1 is 1.26 bits per heavy atom. The Morgan fingerprint density at radius 2 is 1.96 bits per heavy atom. The second-order valence-electron chi connectivity index (χ2n) is 6.59. The fourth-order valence-electron chi connectivity index (χ4n) is 3.08. The molecule has 2 heterocycles. The zero-order valence-electron chi connectivity index (χ0n) is 14.7. The second-order valence-corrected chi connectivity index (χ2v) is 9.95. The molecule has 1 N–H and O–H groups in total. The van der Waals surface area contributed by atoms with E-state index in [4.69, 9.17) is 9.84 Å². The maximum atomic E-state index is 12.0. The molecule has 146 valence electrons. The van der Waals surface area contributed by atoms with E-state index in [0.717, 1.165) is 11.1 Å². The molecule has 1 aromatic rings. The first-order valence-electron chi connectivity index (χ1n) is 8.34. The van der Waals surface area contributed by atoms with Crippen molar-refractivity contribution in [3.05, 3.63) is 35.4 Å². The van der Waals surface area contributed by atoms with Gasteiger partial charge < -0.3 is 14.7 Å². The topological polar surface area (TPSA) is 113 Å². The maximum Gasteiger partial charge on any atom is 0.329 e. The molecule has 0 radical (unpaired) electrons. The summed E-state index contributed by atoms with van der Waals surface area (Å²) >= 11 is 1.29. The molecule has 0 spiro atoms. The van der Waals surface area contributed by atoms with Crippen LogP contribution in [0.4, 0.5) is 0 Å². The lowest BCUT2D eigenvalue weighted by atomic mass is 10.1. The van der Waals surface area contributed by atoms with Gasteiger partial charge in [0.2, 0.25) is 0 Å². The smallest absolute Gasteiger partial charge is 0.329 e. The summed E-state index contributed by atoms with van der Waals surface area (Å²) in [6.07, 6.45) is 0. The zero-order valence-corrected chi connectivity index (χ0v) is 16.3. The summed E-state index contributed by atoms with van der Waals surface area (Å²) in [6.45, 7) is 1.44. The van der Waals surface area contributed by atoms with Crippen molar-refractivity contribution in [2.45, 2.75) is 24.8 Å². The van der Waals surface area contributed by atoms with Crippen molar-refractivity contribution < 1.29 is 27.9 Å². The van der Waals surface area contributed by atoms with Crippen LogP contribution in [0.1, 0.15) is 11.1 Å². The van der Waals surface area contributed by atoms with E-state index in [1.165, 1.54) is 11.8 Å². The van der Waals surface area contributed by atoms with Gasteiger partial charge >= 0.3 is 5.97 Å². The lowest BCUT2D eigenvalue weighted by Gasteiger charge is -2.24. The molecule has 27 heavy (non-hydrogen) atoms. The number of rotatable bonds is 6. The Hall–Kier alpha value is -1.91. The predicted octanol–water partition coefficient (Wildman–Crippen LogP) is 0.693. The van der Waals surface area contributed by atoms with Crippen molar-refractivity contribution >= 4 is 38.6 Å². The van der Waals surface area contributed by atoms with Crippen molar-refractivity contribution in [3.8, 4) is 0 Å². The van der Waals surface area contributed by atoms with Crippen molar-refractivity contribution in [2.24, 2.45) is 4.99 Å². The quantitative estimate of drug-likeness (QED) is 0.726. The number of aliphatic imine (C=N–C) groups is 1. The molecular weight excluding hydrogens is 392 g/mol. The summed E-state index contributed by atoms with van der Waals surface area (Å²) in [5.41, 5.74) is 2.11. The number of hydrogen-bond acceptors (Lipinski definition) is 6. The molecule has 0 bridgehead atoms. The highest BCUT2D eigenvalue weighted by Gasteiger charge is 2.48. The van der Waals surface area contributed by atoms with Crippen LogP contribution in [0.25, 0.3) is 0 Å². The third-order valence-electron chi connectivity index (χ3n) is 4.32. The highest BCUT2D eigenvalue weighted by Crippen LogP contribution is 2.39. The molecule has 0 unspecified atom stereocenters. The highest BCUT2D eigenvalue weighted by atomic mass is 32.2. The maximum absolute atomic E-state index is 12.0. The number of nitrogens with zero attached hydrogens (tertiary/aromatic N) is 2. The van der Waals surface area contributed by atoms with Crippen LogP contribution in [0, 0.1) is 6.92 Å². The molecule has 8 nitrogen and oxygen atoms in total. The van der Waals surface area contributed by atoms with Crippen molar-refractivity contribution in [3.63, 3.8) is 0 Å². The molecule has 2 aliphatic heterocycles. The van der Waals surface area contributed by atoms with Gasteiger partial charge in [-0.05, 0) is 12.5 Å². The number of thioether (sulfide) groups is 1. The highest BCUT2D eigenvalue weighted by molar-refractivity contribution is 8.15. The van der Waals surface area contributed by atoms with Gasteiger partial charge in [0, 0.05) is 11.8 Å². The Morgan fingerprint density at radius 3 is 2.63 bits per heavy atom. The number of carbonyl (C=O) groups is 2. The molecule has 1 aromatic carbocycles. The summed E-state index contributed by atoms with van der Waals surface area (Å²) in [6, 6.07) is 7.65. The van der Waals surface area contributed by atoms with E-state index >= 15 is 0 Å². The number of ether oxygens (including phenoxy) is 1. The van der Waals surface area contributed by atoms with Gasteiger partial charge in [0.05, 0.1) is 17.5 Å². The fraction of sp³-hybridized carbons (Fsp3) is 0.471. The Bertz CT molecular complexity index is 866. The molecule has 2 atom stereocenters. The number of aliphatic carboxylic acids is 1. The van der Waals surface area contributed by atoms with Crippen molar-refractivity contribution in [2.75, 3.05) is 24.7 Å².